The summed E-state index contributed by atoms with van der Waals surface area (Å²) in [4.78, 5) is 0.107. The molecule has 1 unspecified atom stereocenters. The molecule has 3 rings (SSSR count). The summed E-state index contributed by atoms with van der Waals surface area (Å²) in [5.74, 6) is 1.23. The van der Waals surface area contributed by atoms with Crippen LogP contribution in [0.4, 0.5) is 0 Å². The van der Waals surface area contributed by atoms with E-state index in [2.05, 4.69) is 14.9 Å². The molecule has 0 aliphatic carbocycles. The molecule has 0 saturated heterocycles. The van der Waals surface area contributed by atoms with E-state index in [0.717, 1.165) is 5.39 Å². The molecule has 1 atom stereocenters. The molecule has 2 heterocycles. The van der Waals surface area contributed by atoms with Gasteiger partial charge in [-0.25, -0.2) is 13.1 Å². The summed E-state index contributed by atoms with van der Waals surface area (Å²) in [5.41, 5.74) is -0.190. The van der Waals surface area contributed by atoms with Gasteiger partial charge in [0.2, 0.25) is 10.0 Å². The Morgan fingerprint density at radius 3 is 2.75 bits per heavy atom. The molecular formula is C16H19N3O4S. The Morgan fingerprint density at radius 1 is 1.33 bits per heavy atom. The van der Waals surface area contributed by atoms with Crippen LogP contribution in [0.15, 0.2) is 39.8 Å². The molecule has 0 fully saturated rings. The molecule has 0 spiro atoms. The number of nitrogens with zero attached hydrogens (tertiary/aromatic N) is 1. The van der Waals surface area contributed by atoms with Crippen LogP contribution >= 0.6 is 0 Å². The quantitative estimate of drug-likeness (QED) is 0.652. The second kappa shape index (κ2) is 5.73. The molecule has 0 bridgehead atoms. The van der Waals surface area contributed by atoms with Crippen LogP contribution in [0.2, 0.25) is 0 Å². The molecule has 0 radical (unpaired) electrons. The van der Waals surface area contributed by atoms with Crippen LogP contribution in [0.25, 0.3) is 10.9 Å². The number of rotatable bonds is 5. The molecule has 0 aliphatic heterocycles. The van der Waals surface area contributed by atoms with Gasteiger partial charge in [-0.3, -0.25) is 5.10 Å². The maximum atomic E-state index is 12.5. The first kappa shape index (κ1) is 16.7. The molecule has 2 aromatic heterocycles. The lowest BCUT2D eigenvalue weighted by Gasteiger charge is -2.23. The Bertz CT molecular complexity index is 986. The highest BCUT2D eigenvalue weighted by atomic mass is 32.2. The highest BCUT2D eigenvalue weighted by Gasteiger charge is 2.29. The van der Waals surface area contributed by atoms with Crippen molar-refractivity contribution in [2.45, 2.75) is 31.3 Å². The third-order valence-corrected chi connectivity index (χ3v) is 5.35. The predicted molar refractivity (Wildman–Crippen MR) is 89.0 cm³/mol. The van der Waals surface area contributed by atoms with Gasteiger partial charge in [0.15, 0.2) is 0 Å². The fourth-order valence-electron chi connectivity index (χ4n) is 2.66. The number of sulfonamides is 1. The maximum absolute atomic E-state index is 12.5. The molecule has 128 valence electrons. The molecule has 1 aromatic carbocycles. The number of nitrogens with one attached hydrogen (secondary N) is 2. The number of furan rings is 1. The largest absolute Gasteiger partial charge is 0.466 e. The number of benzene rings is 1. The van der Waals surface area contributed by atoms with Gasteiger partial charge in [-0.2, -0.15) is 5.10 Å². The maximum Gasteiger partial charge on any atom is 0.240 e. The Labute approximate surface area is 139 Å². The van der Waals surface area contributed by atoms with Crippen LogP contribution in [-0.2, 0) is 15.6 Å². The minimum atomic E-state index is -3.77. The fourth-order valence-corrected chi connectivity index (χ4v) is 3.82. The van der Waals surface area contributed by atoms with Crippen molar-refractivity contribution in [3.63, 3.8) is 0 Å². The van der Waals surface area contributed by atoms with Gasteiger partial charge in [-0.1, -0.05) is 0 Å². The number of aliphatic hydroxyl groups is 1. The van der Waals surface area contributed by atoms with Crippen molar-refractivity contribution < 1.29 is 17.9 Å². The molecular weight excluding hydrogens is 330 g/mol. The van der Waals surface area contributed by atoms with E-state index in [0.29, 0.717) is 22.6 Å². The van der Waals surface area contributed by atoms with Crippen LogP contribution in [0, 0.1) is 13.8 Å². The average molecular weight is 349 g/mol. The van der Waals surface area contributed by atoms with E-state index in [1.54, 1.807) is 39.1 Å². The highest BCUT2D eigenvalue weighted by Crippen LogP contribution is 2.27. The zero-order valence-corrected chi connectivity index (χ0v) is 14.4. The number of aromatic amines is 1. The summed E-state index contributed by atoms with van der Waals surface area (Å²) in [6.07, 6.45) is 1.62. The lowest BCUT2D eigenvalue weighted by atomic mass is 9.97. The number of aromatic nitrogens is 2. The number of fused-ring (bicyclic) bond motifs is 1. The van der Waals surface area contributed by atoms with Crippen molar-refractivity contribution in [2.24, 2.45) is 0 Å². The third-order valence-electron chi connectivity index (χ3n) is 3.95. The van der Waals surface area contributed by atoms with Crippen molar-refractivity contribution >= 4 is 20.9 Å². The second-order valence-corrected chi connectivity index (χ2v) is 7.81. The molecule has 0 saturated carbocycles. The summed E-state index contributed by atoms with van der Waals surface area (Å²) < 4.78 is 32.8. The van der Waals surface area contributed by atoms with Crippen molar-refractivity contribution in [2.75, 3.05) is 6.54 Å². The van der Waals surface area contributed by atoms with Gasteiger partial charge in [0, 0.05) is 17.5 Å². The lowest BCUT2D eigenvalue weighted by molar-refractivity contribution is 0.0612. The Balaban J connectivity index is 1.82. The normalized spacial score (nSPS) is 14.8. The standard InChI is InChI=1S/C16H19N3O4S/c1-10-6-14(11(2)23-10)16(3,20)9-18-24(21,22)13-5-4-12-8-17-19-15(12)7-13/h4-8,18,20H,9H2,1-3H3,(H,17,19). The summed E-state index contributed by atoms with van der Waals surface area (Å²) in [7, 11) is -3.77. The topological polar surface area (TPSA) is 108 Å². The highest BCUT2D eigenvalue weighted by molar-refractivity contribution is 7.89. The number of hydrogen-bond acceptors (Lipinski definition) is 5. The Hall–Kier alpha value is -2.16. The minimum Gasteiger partial charge on any atom is -0.466 e. The number of H-pyrrole nitrogens is 1. The first-order valence-corrected chi connectivity index (χ1v) is 8.90. The van der Waals surface area contributed by atoms with E-state index in [1.165, 1.54) is 12.1 Å². The SMILES string of the molecule is Cc1cc(C(C)(O)CNS(=O)(=O)c2ccc3cn[nH]c3c2)c(C)o1. The van der Waals surface area contributed by atoms with E-state index in [-0.39, 0.29) is 11.4 Å². The smallest absolute Gasteiger partial charge is 0.240 e. The average Bonchev–Trinajstić information content (AvgIpc) is 3.11. The first-order valence-electron chi connectivity index (χ1n) is 7.42. The van der Waals surface area contributed by atoms with Crippen molar-refractivity contribution in [1.82, 2.24) is 14.9 Å². The zero-order valence-electron chi connectivity index (χ0n) is 13.6. The molecule has 3 aromatic rings. The molecule has 7 nitrogen and oxygen atoms in total. The monoisotopic (exact) mass is 349 g/mol. The second-order valence-electron chi connectivity index (χ2n) is 6.04. The number of hydrogen-bond donors (Lipinski definition) is 3. The van der Waals surface area contributed by atoms with E-state index in [4.69, 9.17) is 4.42 Å². The van der Waals surface area contributed by atoms with E-state index in [9.17, 15) is 13.5 Å². The summed E-state index contributed by atoms with van der Waals surface area (Å²) in [6.45, 7) is 4.88. The van der Waals surface area contributed by atoms with E-state index >= 15 is 0 Å². The van der Waals surface area contributed by atoms with Crippen LogP contribution in [0.1, 0.15) is 24.0 Å². The van der Waals surface area contributed by atoms with Crippen LogP contribution in [0.5, 0.6) is 0 Å². The lowest BCUT2D eigenvalue weighted by Crippen LogP contribution is -2.38. The minimum absolute atomic E-state index is 0.107. The molecule has 0 aliphatic rings. The van der Waals surface area contributed by atoms with Gasteiger partial charge < -0.3 is 9.52 Å². The fraction of sp³-hybridized carbons (Fsp3) is 0.312. The van der Waals surface area contributed by atoms with Crippen LogP contribution in [-0.4, -0.2) is 30.3 Å². The van der Waals surface area contributed by atoms with Crippen LogP contribution in [0.3, 0.4) is 0 Å². The molecule has 3 N–H and O–H groups in total. The van der Waals surface area contributed by atoms with Gasteiger partial charge in [0.05, 0.1) is 16.6 Å². The summed E-state index contributed by atoms with van der Waals surface area (Å²) in [5, 5.41) is 18.1. The Morgan fingerprint density at radius 2 is 2.08 bits per heavy atom. The van der Waals surface area contributed by atoms with Gasteiger partial charge in [-0.15, -0.1) is 0 Å². The summed E-state index contributed by atoms with van der Waals surface area (Å²) in [6, 6.07) is 6.39. The van der Waals surface area contributed by atoms with Gasteiger partial charge in [-0.05, 0) is 45.0 Å². The first-order chi connectivity index (χ1) is 11.2. The zero-order chi connectivity index (χ0) is 17.5. The van der Waals surface area contributed by atoms with Crippen molar-refractivity contribution in [1.29, 1.82) is 0 Å². The van der Waals surface area contributed by atoms with Crippen molar-refractivity contribution in [3.05, 3.63) is 47.5 Å². The third kappa shape index (κ3) is 3.08. The Kier molecular flexibility index (Phi) is 3.98. The van der Waals surface area contributed by atoms with Crippen LogP contribution < -0.4 is 4.72 Å². The van der Waals surface area contributed by atoms with E-state index in [1.807, 2.05) is 0 Å². The molecule has 8 heteroatoms. The van der Waals surface area contributed by atoms with Gasteiger partial charge >= 0.3 is 0 Å². The summed E-state index contributed by atoms with van der Waals surface area (Å²) >= 11 is 0. The van der Waals surface area contributed by atoms with Crippen molar-refractivity contribution in [3.8, 4) is 0 Å². The molecule has 24 heavy (non-hydrogen) atoms. The predicted octanol–water partition coefficient (Wildman–Crippen LogP) is 1.96. The van der Waals surface area contributed by atoms with Gasteiger partial charge in [0.1, 0.15) is 17.1 Å². The van der Waals surface area contributed by atoms with Gasteiger partial charge in [0.25, 0.3) is 0 Å². The molecule has 0 amide bonds. The van der Waals surface area contributed by atoms with E-state index < -0.39 is 15.6 Å². The number of aryl methyl sites for hydroxylation is 2.